The van der Waals surface area contributed by atoms with Crippen molar-refractivity contribution in [1.29, 1.82) is 0 Å². The molecule has 0 aliphatic carbocycles. The molecule has 2 heteroatoms. The lowest BCUT2D eigenvalue weighted by atomic mass is 9.84. The highest BCUT2D eigenvalue weighted by atomic mass is 32.1. The maximum absolute atomic E-state index is 2.46. The molecule has 12 aromatic rings. The van der Waals surface area contributed by atoms with E-state index in [1.807, 2.05) is 11.3 Å². The van der Waals surface area contributed by atoms with Crippen LogP contribution < -0.4 is 4.90 Å². The molecule has 0 radical (unpaired) electrons. The van der Waals surface area contributed by atoms with Crippen molar-refractivity contribution in [3.05, 3.63) is 249 Å². The Bertz CT molecular complexity index is 3650. The van der Waals surface area contributed by atoms with Crippen LogP contribution in [-0.4, -0.2) is 0 Å². The van der Waals surface area contributed by atoms with Gasteiger partial charge >= 0.3 is 0 Å². The number of nitrogens with zero attached hydrogens (tertiary/aromatic N) is 1. The Balaban J connectivity index is 1.09. The lowest BCUT2D eigenvalue weighted by molar-refractivity contribution is 1.29. The molecular weight excluding hydrogens is 791 g/mol. The summed E-state index contributed by atoms with van der Waals surface area (Å²) in [6.45, 7) is 0. The zero-order valence-electron chi connectivity index (χ0n) is 35.0. The third kappa shape index (κ3) is 6.64. The summed E-state index contributed by atoms with van der Waals surface area (Å²) >= 11 is 1.86. The van der Waals surface area contributed by atoms with Gasteiger partial charge < -0.3 is 4.90 Å². The highest BCUT2D eigenvalue weighted by molar-refractivity contribution is 7.25. The van der Waals surface area contributed by atoms with Crippen molar-refractivity contribution in [2.24, 2.45) is 0 Å². The van der Waals surface area contributed by atoms with Gasteiger partial charge in [-0.25, -0.2) is 0 Å². The quantitative estimate of drug-likeness (QED) is 0.138. The van der Waals surface area contributed by atoms with Gasteiger partial charge in [-0.05, 0) is 120 Å². The first kappa shape index (κ1) is 37.7. The van der Waals surface area contributed by atoms with E-state index in [-0.39, 0.29) is 0 Å². The summed E-state index contributed by atoms with van der Waals surface area (Å²) in [4.78, 5) is 2.46. The first-order valence-electron chi connectivity index (χ1n) is 21.9. The third-order valence-corrected chi connectivity index (χ3v) is 13.8. The number of benzene rings is 11. The van der Waals surface area contributed by atoms with Crippen LogP contribution in [0.2, 0.25) is 0 Å². The van der Waals surface area contributed by atoms with Gasteiger partial charge in [-0.3, -0.25) is 0 Å². The average Bonchev–Trinajstić information content (AvgIpc) is 3.75. The first-order valence-corrected chi connectivity index (χ1v) is 22.7. The van der Waals surface area contributed by atoms with Crippen molar-refractivity contribution >= 4 is 70.1 Å². The van der Waals surface area contributed by atoms with E-state index in [2.05, 4.69) is 254 Å². The van der Waals surface area contributed by atoms with E-state index in [9.17, 15) is 0 Å². The molecule has 1 heterocycles. The minimum absolute atomic E-state index is 1.09. The van der Waals surface area contributed by atoms with Crippen LogP contribution in [0.25, 0.3) is 97.4 Å². The van der Waals surface area contributed by atoms with Gasteiger partial charge in [0.05, 0.1) is 5.69 Å². The Morgan fingerprint density at radius 2 is 0.734 bits per heavy atom. The molecule has 0 saturated heterocycles. The zero-order chi connectivity index (χ0) is 42.4. The highest BCUT2D eigenvalue weighted by Gasteiger charge is 2.22. The standard InChI is InChI=1S/C62H41NS/c1-5-18-42(19-6-1)47-33-37-58(56(39-47)43-20-7-2-8-21-43)63(50-34-36-54-53-29-15-16-31-59(53)64-60(54)41-50)49-27-17-26-46(38-49)48-32-35-52-51-28-13-14-30-55(51)61(44-22-9-3-10-23-44)62(57(52)40-48)45-24-11-4-12-25-45/h1-41H. The fourth-order valence-electron chi connectivity index (χ4n) is 9.68. The van der Waals surface area contributed by atoms with Gasteiger partial charge in [-0.1, -0.05) is 200 Å². The maximum atomic E-state index is 2.46. The topological polar surface area (TPSA) is 3.24 Å². The molecule has 0 fully saturated rings. The van der Waals surface area contributed by atoms with E-state index >= 15 is 0 Å². The second kappa shape index (κ2) is 16.0. The molecule has 0 bridgehead atoms. The van der Waals surface area contributed by atoms with Crippen molar-refractivity contribution in [1.82, 2.24) is 0 Å². The second-order valence-electron chi connectivity index (χ2n) is 16.4. The molecule has 0 aliphatic rings. The molecule has 1 aromatic heterocycles. The van der Waals surface area contributed by atoms with Gasteiger partial charge in [0.1, 0.15) is 0 Å². The van der Waals surface area contributed by atoms with Crippen molar-refractivity contribution in [2.45, 2.75) is 0 Å². The molecule has 0 N–H and O–H groups in total. The molecule has 0 atom stereocenters. The first-order chi connectivity index (χ1) is 31.7. The molecule has 64 heavy (non-hydrogen) atoms. The van der Waals surface area contributed by atoms with E-state index < -0.39 is 0 Å². The highest BCUT2D eigenvalue weighted by Crippen LogP contribution is 2.48. The number of rotatable bonds is 8. The summed E-state index contributed by atoms with van der Waals surface area (Å²) in [5.74, 6) is 0. The Hall–Kier alpha value is -8.04. The minimum Gasteiger partial charge on any atom is -0.310 e. The van der Waals surface area contributed by atoms with Crippen molar-refractivity contribution < 1.29 is 0 Å². The van der Waals surface area contributed by atoms with E-state index in [1.54, 1.807) is 0 Å². The van der Waals surface area contributed by atoms with E-state index in [4.69, 9.17) is 0 Å². The maximum Gasteiger partial charge on any atom is 0.0540 e. The summed E-state index contributed by atoms with van der Waals surface area (Å²) in [6, 6.07) is 91.1. The molecule has 12 rings (SSSR count). The number of hydrogen-bond donors (Lipinski definition) is 0. The fraction of sp³-hybridized carbons (Fsp3) is 0. The number of hydrogen-bond acceptors (Lipinski definition) is 2. The SMILES string of the molecule is c1ccc(-c2ccc(N(c3cccc(-c4ccc5c(c4)c(-c4ccccc4)c(-c4ccccc4)c4ccccc45)c3)c3ccc4c(c3)sc3ccccc34)c(-c3ccccc3)c2)cc1. The van der Waals surface area contributed by atoms with Crippen molar-refractivity contribution in [3.63, 3.8) is 0 Å². The normalized spacial score (nSPS) is 11.4. The van der Waals surface area contributed by atoms with Crippen LogP contribution in [0.3, 0.4) is 0 Å². The van der Waals surface area contributed by atoms with Crippen LogP contribution >= 0.6 is 11.3 Å². The molecule has 0 saturated carbocycles. The molecule has 1 nitrogen and oxygen atoms in total. The molecule has 0 amide bonds. The minimum atomic E-state index is 1.09. The molecule has 0 aliphatic heterocycles. The van der Waals surface area contributed by atoms with Crippen LogP contribution in [-0.2, 0) is 0 Å². The molecule has 11 aromatic carbocycles. The summed E-state index contributed by atoms with van der Waals surface area (Å²) in [7, 11) is 0. The largest absolute Gasteiger partial charge is 0.310 e. The van der Waals surface area contributed by atoms with Crippen LogP contribution in [0, 0.1) is 0 Å². The monoisotopic (exact) mass is 831 g/mol. The summed E-state index contributed by atoms with van der Waals surface area (Å²) in [6.07, 6.45) is 0. The number of thiophene rings is 1. The Morgan fingerprint density at radius 3 is 1.45 bits per heavy atom. The predicted molar refractivity (Wildman–Crippen MR) is 276 cm³/mol. The van der Waals surface area contributed by atoms with Gasteiger partial charge in [0.25, 0.3) is 0 Å². The molecular formula is C62H41NS. The zero-order valence-corrected chi connectivity index (χ0v) is 35.8. The Kier molecular flexibility index (Phi) is 9.43. The summed E-state index contributed by atoms with van der Waals surface area (Å²) in [5, 5.41) is 7.59. The Morgan fingerprint density at radius 1 is 0.250 bits per heavy atom. The van der Waals surface area contributed by atoms with Gasteiger partial charge in [0.15, 0.2) is 0 Å². The van der Waals surface area contributed by atoms with E-state index in [0.717, 1.165) is 22.6 Å². The van der Waals surface area contributed by atoms with Crippen LogP contribution in [0.1, 0.15) is 0 Å². The third-order valence-electron chi connectivity index (χ3n) is 12.6. The number of anilines is 3. The van der Waals surface area contributed by atoms with Crippen LogP contribution in [0.15, 0.2) is 249 Å². The van der Waals surface area contributed by atoms with Gasteiger partial charge in [-0.2, -0.15) is 0 Å². The van der Waals surface area contributed by atoms with Crippen molar-refractivity contribution in [3.8, 4) is 55.6 Å². The lowest BCUT2D eigenvalue weighted by Gasteiger charge is -2.29. The summed E-state index contributed by atoms with van der Waals surface area (Å²) in [5.41, 5.74) is 15.3. The molecule has 300 valence electrons. The second-order valence-corrected chi connectivity index (χ2v) is 17.5. The smallest absolute Gasteiger partial charge is 0.0540 e. The van der Waals surface area contributed by atoms with Crippen LogP contribution in [0.5, 0.6) is 0 Å². The number of fused-ring (bicyclic) bond motifs is 6. The van der Waals surface area contributed by atoms with Gasteiger partial charge in [0, 0.05) is 37.1 Å². The van der Waals surface area contributed by atoms with Crippen LogP contribution in [0.4, 0.5) is 17.1 Å². The van der Waals surface area contributed by atoms with Gasteiger partial charge in [-0.15, -0.1) is 11.3 Å². The molecule has 0 spiro atoms. The van der Waals surface area contributed by atoms with Gasteiger partial charge in [0.2, 0.25) is 0 Å². The lowest BCUT2D eigenvalue weighted by Crippen LogP contribution is -2.11. The van der Waals surface area contributed by atoms with E-state index in [1.165, 1.54) is 91.8 Å². The van der Waals surface area contributed by atoms with E-state index in [0.29, 0.717) is 0 Å². The summed E-state index contributed by atoms with van der Waals surface area (Å²) < 4.78 is 2.57. The predicted octanol–water partition coefficient (Wildman–Crippen LogP) is 18.2. The molecule has 0 unspecified atom stereocenters. The Labute approximate surface area is 377 Å². The average molecular weight is 832 g/mol. The fourth-order valence-corrected chi connectivity index (χ4v) is 10.8. The van der Waals surface area contributed by atoms with Crippen molar-refractivity contribution in [2.75, 3.05) is 4.90 Å².